The Morgan fingerprint density at radius 3 is 0.632 bits per heavy atom. The molecule has 0 saturated heterocycles. The van der Waals surface area contributed by atoms with Gasteiger partial charge in [0.2, 0.25) is 0 Å². The number of rotatable bonds is 28. The van der Waals surface area contributed by atoms with Crippen LogP contribution < -0.4 is 21.7 Å². The van der Waals surface area contributed by atoms with E-state index in [1.807, 2.05) is 0 Å². The van der Waals surface area contributed by atoms with E-state index in [0.29, 0.717) is 0 Å². The zero-order chi connectivity index (χ0) is 28.8. The van der Waals surface area contributed by atoms with Crippen molar-refractivity contribution >= 4 is 6.16 Å². The van der Waals surface area contributed by atoms with Gasteiger partial charge in [0.1, 0.15) is 0 Å². The summed E-state index contributed by atoms with van der Waals surface area (Å²) >= 11 is 0. The van der Waals surface area contributed by atoms with Crippen molar-refractivity contribution in [1.82, 2.24) is 0 Å². The predicted molar refractivity (Wildman–Crippen MR) is 162 cm³/mol. The fourth-order valence-electron chi connectivity index (χ4n) is 4.74. The van der Waals surface area contributed by atoms with E-state index in [9.17, 15) is 0 Å². The van der Waals surface area contributed by atoms with Crippen LogP contribution in [0.15, 0.2) is 0 Å². The molecular formula is C33H72N2O3. The molecule has 0 aromatic carbocycles. The third-order valence-corrected chi connectivity index (χ3v) is 7.21. The molecule has 0 amide bonds. The highest BCUT2D eigenvalue weighted by atomic mass is 16.6. The second-order valence-corrected chi connectivity index (χ2v) is 11.1. The summed E-state index contributed by atoms with van der Waals surface area (Å²) in [5.74, 6) is 0. The SMILES string of the molecule is CCCCCCCCCCCCCCCC[NH3+].CCCCCCCCCCCCCCCC[NH3+].O=C([O-])[O-]. The van der Waals surface area contributed by atoms with Gasteiger partial charge in [-0.15, -0.1) is 0 Å². The Balaban J connectivity index is -0.000000564. The van der Waals surface area contributed by atoms with Crippen LogP contribution in [0.25, 0.3) is 0 Å². The highest BCUT2D eigenvalue weighted by Gasteiger charge is 1.95. The fourth-order valence-corrected chi connectivity index (χ4v) is 4.74. The average Bonchev–Trinajstić information content (AvgIpc) is 2.89. The van der Waals surface area contributed by atoms with E-state index in [1.165, 1.54) is 180 Å². The van der Waals surface area contributed by atoms with Gasteiger partial charge in [-0.2, -0.15) is 0 Å². The summed E-state index contributed by atoms with van der Waals surface area (Å²) in [7, 11) is 0. The van der Waals surface area contributed by atoms with Crippen LogP contribution in [-0.2, 0) is 0 Å². The van der Waals surface area contributed by atoms with Crippen LogP contribution >= 0.6 is 0 Å². The summed E-state index contributed by atoms with van der Waals surface area (Å²) in [6.07, 6.45) is 38.1. The third kappa shape index (κ3) is 55.6. The van der Waals surface area contributed by atoms with Crippen LogP contribution in [0.4, 0.5) is 4.79 Å². The minimum Gasteiger partial charge on any atom is -0.652 e. The summed E-state index contributed by atoms with van der Waals surface area (Å²) in [5, 5.41) is 16.7. The first-order valence-corrected chi connectivity index (χ1v) is 17.0. The number of hydrogen-bond acceptors (Lipinski definition) is 3. The van der Waals surface area contributed by atoms with E-state index in [1.54, 1.807) is 0 Å². The van der Waals surface area contributed by atoms with E-state index < -0.39 is 6.16 Å². The lowest BCUT2D eigenvalue weighted by Crippen LogP contribution is -2.50. The van der Waals surface area contributed by atoms with E-state index in [2.05, 4.69) is 25.3 Å². The van der Waals surface area contributed by atoms with Gasteiger partial charge in [0.05, 0.1) is 13.1 Å². The molecule has 0 heterocycles. The minimum atomic E-state index is -2.33. The normalized spacial score (nSPS) is 10.4. The first kappa shape index (κ1) is 41.7. The standard InChI is InChI=1S/2C16H35N.CH2O3/c2*1-2-3-4-5-6-7-8-9-10-11-12-13-14-15-16-17;2-1(3)4/h2*2-17H2,1H3;(H2,2,3,4). The van der Waals surface area contributed by atoms with Crippen molar-refractivity contribution in [1.29, 1.82) is 0 Å². The van der Waals surface area contributed by atoms with Gasteiger partial charge in [0, 0.05) is 0 Å². The van der Waals surface area contributed by atoms with Gasteiger partial charge >= 0.3 is 0 Å². The van der Waals surface area contributed by atoms with Gasteiger partial charge in [-0.1, -0.05) is 168 Å². The van der Waals surface area contributed by atoms with Crippen molar-refractivity contribution in [2.75, 3.05) is 13.1 Å². The summed E-state index contributed by atoms with van der Waals surface area (Å²) in [5.41, 5.74) is 7.76. The lowest BCUT2D eigenvalue weighted by atomic mass is 10.0. The van der Waals surface area contributed by atoms with Gasteiger partial charge in [0.25, 0.3) is 0 Å². The number of unbranched alkanes of at least 4 members (excludes halogenated alkanes) is 26. The van der Waals surface area contributed by atoms with Crippen molar-refractivity contribution in [2.45, 2.75) is 194 Å². The van der Waals surface area contributed by atoms with E-state index in [-0.39, 0.29) is 0 Å². The highest BCUT2D eigenvalue weighted by Crippen LogP contribution is 2.13. The van der Waals surface area contributed by atoms with Crippen LogP contribution in [0.5, 0.6) is 0 Å². The Hall–Kier alpha value is -0.810. The maximum Gasteiger partial charge on any atom is 0.0739 e. The number of carboxylic acid groups (broad SMARTS) is 2. The second-order valence-electron chi connectivity index (χ2n) is 11.1. The van der Waals surface area contributed by atoms with Crippen molar-refractivity contribution < 1.29 is 26.5 Å². The molecule has 0 atom stereocenters. The smallest absolute Gasteiger partial charge is 0.0739 e. The molecule has 0 saturated carbocycles. The molecule has 5 heteroatoms. The number of carbonyl (C=O) groups is 1. The highest BCUT2D eigenvalue weighted by molar-refractivity contribution is 5.47. The van der Waals surface area contributed by atoms with Crippen molar-refractivity contribution in [2.24, 2.45) is 0 Å². The van der Waals surface area contributed by atoms with Crippen molar-refractivity contribution in [3.8, 4) is 0 Å². The molecule has 6 N–H and O–H groups in total. The largest absolute Gasteiger partial charge is 0.652 e. The Bertz CT molecular complexity index is 332. The molecule has 0 aromatic rings. The molecule has 0 rings (SSSR count). The average molecular weight is 545 g/mol. The molecule has 0 bridgehead atoms. The number of hydrogen-bond donors (Lipinski definition) is 2. The molecular weight excluding hydrogens is 472 g/mol. The second kappa shape index (κ2) is 43.2. The maximum atomic E-state index is 8.33. The molecule has 0 aromatic heterocycles. The van der Waals surface area contributed by atoms with Crippen LogP contribution in [0.3, 0.4) is 0 Å². The van der Waals surface area contributed by atoms with Gasteiger partial charge in [-0.25, -0.2) is 0 Å². The topological polar surface area (TPSA) is 118 Å². The predicted octanol–water partition coefficient (Wildman–Crippen LogP) is 6.97. The minimum absolute atomic E-state index is 1.12. The maximum absolute atomic E-state index is 8.33. The summed E-state index contributed by atoms with van der Waals surface area (Å²) < 4.78 is 0. The first-order valence-electron chi connectivity index (χ1n) is 17.0. The number of carbonyl (C=O) groups excluding carboxylic acids is 1. The fraction of sp³-hybridized carbons (Fsp3) is 0.970. The van der Waals surface area contributed by atoms with Gasteiger partial charge in [0.15, 0.2) is 0 Å². The van der Waals surface area contributed by atoms with E-state index in [4.69, 9.17) is 15.0 Å². The Labute approximate surface area is 239 Å². The van der Waals surface area contributed by atoms with Crippen molar-refractivity contribution in [3.05, 3.63) is 0 Å². The molecule has 0 fully saturated rings. The zero-order valence-corrected chi connectivity index (χ0v) is 26.4. The van der Waals surface area contributed by atoms with Gasteiger partial charge < -0.3 is 26.5 Å². The van der Waals surface area contributed by atoms with Crippen LogP contribution in [0, 0.1) is 0 Å². The number of quaternary nitrogens is 2. The summed E-state index contributed by atoms with van der Waals surface area (Å²) in [6.45, 7) is 6.82. The van der Waals surface area contributed by atoms with Crippen LogP contribution in [0.2, 0.25) is 0 Å². The Morgan fingerprint density at radius 1 is 0.368 bits per heavy atom. The van der Waals surface area contributed by atoms with Gasteiger partial charge in [-0.05, 0) is 31.8 Å². The summed E-state index contributed by atoms with van der Waals surface area (Å²) in [6, 6.07) is 0. The zero-order valence-electron chi connectivity index (χ0n) is 26.4. The van der Waals surface area contributed by atoms with Crippen LogP contribution in [0.1, 0.15) is 194 Å². The third-order valence-electron chi connectivity index (χ3n) is 7.21. The molecule has 0 radical (unpaired) electrons. The first-order chi connectivity index (χ1) is 18.6. The monoisotopic (exact) mass is 545 g/mol. The summed E-state index contributed by atoms with van der Waals surface area (Å²) in [4.78, 5) is 8.33. The van der Waals surface area contributed by atoms with Crippen LogP contribution in [-0.4, -0.2) is 19.2 Å². The lowest BCUT2D eigenvalue weighted by Gasteiger charge is -2.02. The molecule has 0 aliphatic carbocycles. The van der Waals surface area contributed by atoms with E-state index in [0.717, 1.165) is 13.1 Å². The molecule has 0 spiro atoms. The molecule has 0 aliphatic heterocycles. The molecule has 0 unspecified atom stereocenters. The van der Waals surface area contributed by atoms with Gasteiger partial charge in [-0.3, -0.25) is 0 Å². The molecule has 232 valence electrons. The Morgan fingerprint density at radius 2 is 0.500 bits per heavy atom. The molecule has 0 aliphatic rings. The quantitative estimate of drug-likeness (QED) is 0.103. The lowest BCUT2D eigenvalue weighted by molar-refractivity contribution is -0.415. The molecule has 5 nitrogen and oxygen atoms in total. The molecule has 38 heavy (non-hydrogen) atoms. The van der Waals surface area contributed by atoms with E-state index >= 15 is 0 Å². The Kier molecular flexibility index (Phi) is 47.4. The van der Waals surface area contributed by atoms with Crippen molar-refractivity contribution in [3.63, 3.8) is 0 Å².